The minimum Gasteiger partial charge on any atom is -0.506 e. The molecule has 0 saturated heterocycles. The second-order valence-corrected chi connectivity index (χ2v) is 11.8. The fourth-order valence-corrected chi connectivity index (χ4v) is 5.57. The Morgan fingerprint density at radius 1 is 0.577 bits per heavy atom. The molecule has 0 spiro atoms. The Morgan fingerprint density at radius 3 is 1.52 bits per heavy atom. The van der Waals surface area contributed by atoms with Crippen LogP contribution >= 0.6 is 0 Å². The van der Waals surface area contributed by atoms with Crippen molar-refractivity contribution in [3.05, 3.63) is 137 Å². The Kier molecular flexibility index (Phi) is 10.1. The van der Waals surface area contributed by atoms with Crippen LogP contribution in [0.15, 0.2) is 103 Å². The number of carbonyl (C=O) groups excluding carboxylic acids is 2. The first kappa shape index (κ1) is 37.1. The van der Waals surface area contributed by atoms with Gasteiger partial charge in [-0.15, -0.1) is 0 Å². The van der Waals surface area contributed by atoms with Crippen molar-refractivity contribution in [3.63, 3.8) is 0 Å². The van der Waals surface area contributed by atoms with Gasteiger partial charge in [0.15, 0.2) is 0 Å². The summed E-state index contributed by atoms with van der Waals surface area (Å²) >= 11 is 0. The Labute approximate surface area is 293 Å². The van der Waals surface area contributed by atoms with Crippen molar-refractivity contribution in [1.82, 2.24) is 0 Å². The second-order valence-electron chi connectivity index (χ2n) is 11.8. The van der Waals surface area contributed by atoms with Crippen LogP contribution in [0.25, 0.3) is 0 Å². The third-order valence-corrected chi connectivity index (χ3v) is 8.34. The topological polar surface area (TPSA) is 120 Å². The van der Waals surface area contributed by atoms with Gasteiger partial charge in [-0.2, -0.15) is 26.3 Å². The number of phenolic OH excluding ortho intramolecular Hbond substituents is 2. The van der Waals surface area contributed by atoms with Crippen molar-refractivity contribution in [1.29, 1.82) is 0 Å². The van der Waals surface area contributed by atoms with Gasteiger partial charge in [-0.25, -0.2) is 0 Å². The molecule has 0 bridgehead atoms. The van der Waals surface area contributed by atoms with Gasteiger partial charge in [-0.1, -0.05) is 24.3 Å². The Morgan fingerprint density at radius 2 is 1.02 bits per heavy atom. The minimum atomic E-state index is -5.89. The predicted octanol–water partition coefficient (Wildman–Crippen LogP) is 9.46. The number of anilines is 3. The monoisotopic (exact) mass is 723 g/mol. The Bertz CT molecular complexity index is 2100. The van der Waals surface area contributed by atoms with Gasteiger partial charge in [0.05, 0.1) is 11.4 Å². The number of ether oxygens (including phenoxy) is 1. The van der Waals surface area contributed by atoms with Gasteiger partial charge >= 0.3 is 12.4 Å². The molecule has 5 aromatic rings. The van der Waals surface area contributed by atoms with Crippen molar-refractivity contribution in [2.24, 2.45) is 0 Å². The van der Waals surface area contributed by atoms with Crippen LogP contribution in [0.5, 0.6) is 23.0 Å². The largest absolute Gasteiger partial charge is 0.506 e. The van der Waals surface area contributed by atoms with E-state index in [1.54, 1.807) is 12.1 Å². The van der Waals surface area contributed by atoms with Gasteiger partial charge in [0, 0.05) is 23.9 Å². The lowest BCUT2D eigenvalue weighted by atomic mass is 9.72. The van der Waals surface area contributed by atoms with E-state index in [9.17, 15) is 46.1 Å². The van der Waals surface area contributed by atoms with E-state index in [4.69, 9.17) is 4.74 Å². The predicted molar refractivity (Wildman–Crippen MR) is 183 cm³/mol. The van der Waals surface area contributed by atoms with Gasteiger partial charge in [0.1, 0.15) is 23.0 Å². The first-order chi connectivity index (χ1) is 24.4. The summed E-state index contributed by atoms with van der Waals surface area (Å²) in [5.74, 6) is -1.28. The molecule has 0 radical (unpaired) electrons. The maximum atomic E-state index is 14.8. The van der Waals surface area contributed by atoms with Crippen LogP contribution in [0.2, 0.25) is 0 Å². The summed E-state index contributed by atoms with van der Waals surface area (Å²) in [5.41, 5.74) is -5.92. The summed E-state index contributed by atoms with van der Waals surface area (Å²) in [6, 6.07) is 20.7. The van der Waals surface area contributed by atoms with Crippen molar-refractivity contribution in [2.75, 3.05) is 23.0 Å². The van der Waals surface area contributed by atoms with Crippen LogP contribution in [-0.4, -0.2) is 41.4 Å². The number of aryl methyl sites for hydroxylation is 2. The third kappa shape index (κ3) is 7.31. The number of alkyl halides is 6. The minimum absolute atomic E-state index is 0.0266. The quantitative estimate of drug-likeness (QED) is 0.0764. The van der Waals surface area contributed by atoms with E-state index in [1.807, 2.05) is 6.92 Å². The standard InChI is InChI=1S/C38H31F6N3O5/c1-21-4-16-33(49)31(18-21)47-35(51)24-8-14-28(15-9-24)52-27-12-6-23(7-13-27)34(50)46-29-19-25(10-5-22(29)2)36(37(39,40)41,38(42,43)44)26-11-17-32(48)30(20-26)45-3/h4-20,45,48-49H,1-3H3,(H,46,50)(H,47,51). The summed E-state index contributed by atoms with van der Waals surface area (Å²) in [4.78, 5) is 25.8. The molecule has 0 aromatic heterocycles. The molecule has 0 saturated carbocycles. The first-order valence-corrected chi connectivity index (χ1v) is 15.5. The van der Waals surface area contributed by atoms with E-state index in [0.29, 0.717) is 30.0 Å². The highest BCUT2D eigenvalue weighted by Gasteiger charge is 2.72. The number of aromatic hydroxyl groups is 2. The summed E-state index contributed by atoms with van der Waals surface area (Å²) in [6.45, 7) is 3.23. The fraction of sp³-hybridized carbons (Fsp3) is 0.158. The molecule has 0 unspecified atom stereocenters. The molecule has 0 aliphatic carbocycles. The number of nitrogens with one attached hydrogen (secondary N) is 3. The zero-order valence-electron chi connectivity index (χ0n) is 27.7. The fourth-order valence-electron chi connectivity index (χ4n) is 5.57. The number of hydrogen-bond acceptors (Lipinski definition) is 6. The highest BCUT2D eigenvalue weighted by molar-refractivity contribution is 6.05. The zero-order valence-corrected chi connectivity index (χ0v) is 27.7. The van der Waals surface area contributed by atoms with Gasteiger partial charge < -0.3 is 30.9 Å². The molecule has 14 heteroatoms. The van der Waals surface area contributed by atoms with Crippen LogP contribution < -0.4 is 20.7 Å². The summed E-state index contributed by atoms with van der Waals surface area (Å²) in [7, 11) is 1.24. The van der Waals surface area contributed by atoms with E-state index in [1.165, 1.54) is 68.6 Å². The van der Waals surface area contributed by atoms with E-state index in [0.717, 1.165) is 17.7 Å². The Balaban J connectivity index is 1.34. The molecule has 270 valence electrons. The number of halogens is 6. The smallest absolute Gasteiger partial charge is 0.411 e. The maximum absolute atomic E-state index is 14.8. The molecule has 0 aliphatic heterocycles. The number of rotatable bonds is 9. The second kappa shape index (κ2) is 14.2. The maximum Gasteiger partial charge on any atom is 0.411 e. The van der Waals surface area contributed by atoms with E-state index >= 15 is 0 Å². The molecule has 0 aliphatic rings. The molecule has 2 amide bonds. The third-order valence-electron chi connectivity index (χ3n) is 8.34. The number of hydrogen-bond donors (Lipinski definition) is 5. The summed E-state index contributed by atoms with van der Waals surface area (Å²) < 4.78 is 94.4. The van der Waals surface area contributed by atoms with Gasteiger partial charge in [-0.05, 0) is 115 Å². The van der Waals surface area contributed by atoms with Crippen molar-refractivity contribution in [3.8, 4) is 23.0 Å². The van der Waals surface area contributed by atoms with Crippen molar-refractivity contribution >= 4 is 28.9 Å². The number of benzene rings is 5. The lowest BCUT2D eigenvalue weighted by molar-refractivity contribution is -0.288. The number of phenols is 2. The van der Waals surface area contributed by atoms with Gasteiger partial charge in [0.25, 0.3) is 11.8 Å². The van der Waals surface area contributed by atoms with Crippen molar-refractivity contribution < 1.29 is 50.9 Å². The number of amides is 2. The van der Waals surface area contributed by atoms with Crippen LogP contribution in [0.3, 0.4) is 0 Å². The highest BCUT2D eigenvalue weighted by Crippen LogP contribution is 2.57. The molecule has 0 fully saturated rings. The van der Waals surface area contributed by atoms with Crippen LogP contribution in [-0.2, 0) is 5.41 Å². The molecule has 0 atom stereocenters. The van der Waals surface area contributed by atoms with Crippen LogP contribution in [0.1, 0.15) is 43.0 Å². The highest BCUT2D eigenvalue weighted by atomic mass is 19.4. The average Bonchev–Trinajstić information content (AvgIpc) is 3.08. The molecule has 52 heavy (non-hydrogen) atoms. The average molecular weight is 724 g/mol. The first-order valence-electron chi connectivity index (χ1n) is 15.5. The van der Waals surface area contributed by atoms with Crippen LogP contribution in [0, 0.1) is 13.8 Å². The lowest BCUT2D eigenvalue weighted by Gasteiger charge is -2.38. The van der Waals surface area contributed by atoms with Gasteiger partial charge in [0.2, 0.25) is 5.41 Å². The summed E-state index contributed by atoms with van der Waals surface area (Å²) in [6.07, 6.45) is -11.8. The Hall–Kier alpha value is -6.18. The number of carbonyl (C=O) groups is 2. The lowest BCUT2D eigenvalue weighted by Crippen LogP contribution is -2.54. The van der Waals surface area contributed by atoms with Crippen LogP contribution in [0.4, 0.5) is 43.4 Å². The molecular weight excluding hydrogens is 692 g/mol. The molecule has 8 nitrogen and oxygen atoms in total. The SMILES string of the molecule is CNc1cc(C(c2ccc(C)c(NC(=O)c3ccc(Oc4ccc(C(=O)Nc5cc(C)ccc5O)cc4)cc3)c2)(C(F)(F)F)C(F)(F)F)ccc1O. The van der Waals surface area contributed by atoms with E-state index < -0.39 is 46.5 Å². The molecule has 5 rings (SSSR count). The van der Waals surface area contributed by atoms with Crippen molar-refractivity contribution in [2.45, 2.75) is 31.6 Å². The summed E-state index contributed by atoms with van der Waals surface area (Å²) in [5, 5.41) is 27.4. The molecule has 5 N–H and O–H groups in total. The normalized spacial score (nSPS) is 11.9. The van der Waals surface area contributed by atoms with E-state index in [-0.39, 0.29) is 45.3 Å². The molecular formula is C38H31F6N3O5. The molecule has 0 heterocycles. The molecule has 5 aromatic carbocycles. The zero-order chi connectivity index (χ0) is 38.0. The van der Waals surface area contributed by atoms with Gasteiger partial charge in [-0.3, -0.25) is 9.59 Å². The van der Waals surface area contributed by atoms with E-state index in [2.05, 4.69) is 16.0 Å².